The Hall–Kier alpha value is -1.61. The van der Waals surface area contributed by atoms with Gasteiger partial charge in [0, 0.05) is 10.0 Å². The quantitative estimate of drug-likeness (QED) is 0.640. The van der Waals surface area contributed by atoms with Crippen LogP contribution in [0.15, 0.2) is 45.3 Å². The second-order valence-electron chi connectivity index (χ2n) is 4.46. The van der Waals surface area contributed by atoms with Crippen LogP contribution in [0.25, 0.3) is 22.6 Å². The highest BCUT2D eigenvalue weighted by Gasteiger charge is 2.09. The molecule has 3 rings (SSSR count). The molecule has 0 unspecified atom stereocenters. The summed E-state index contributed by atoms with van der Waals surface area (Å²) in [7, 11) is 0. The van der Waals surface area contributed by atoms with Crippen LogP contribution in [0.2, 0.25) is 0 Å². The Balaban J connectivity index is 2.19. The fourth-order valence-electron chi connectivity index (χ4n) is 1.96. The van der Waals surface area contributed by atoms with E-state index < -0.39 is 0 Å². The van der Waals surface area contributed by atoms with Crippen LogP contribution in [0.1, 0.15) is 11.1 Å². The summed E-state index contributed by atoms with van der Waals surface area (Å²) in [6.07, 6.45) is 0. The van der Waals surface area contributed by atoms with Crippen molar-refractivity contribution in [1.29, 1.82) is 0 Å². The number of aromatic nitrogens is 1. The Kier molecular flexibility index (Phi) is 2.71. The van der Waals surface area contributed by atoms with Gasteiger partial charge in [-0.1, -0.05) is 33.6 Å². The number of hydrogen-bond acceptors (Lipinski definition) is 2. The molecule has 0 saturated carbocycles. The third-order valence-electron chi connectivity index (χ3n) is 2.93. The van der Waals surface area contributed by atoms with Crippen LogP contribution in [0, 0.1) is 13.8 Å². The van der Waals surface area contributed by atoms with E-state index in [-0.39, 0.29) is 0 Å². The van der Waals surface area contributed by atoms with E-state index >= 15 is 0 Å². The highest BCUT2D eigenvalue weighted by molar-refractivity contribution is 9.10. The van der Waals surface area contributed by atoms with Crippen molar-refractivity contribution in [1.82, 2.24) is 4.98 Å². The molecule has 18 heavy (non-hydrogen) atoms. The third-order valence-corrected chi connectivity index (χ3v) is 3.79. The summed E-state index contributed by atoms with van der Waals surface area (Å²) in [6, 6.07) is 12.2. The van der Waals surface area contributed by atoms with Crippen molar-refractivity contribution in [2.24, 2.45) is 0 Å². The monoisotopic (exact) mass is 301 g/mol. The van der Waals surface area contributed by atoms with Crippen LogP contribution in [0.4, 0.5) is 0 Å². The van der Waals surface area contributed by atoms with E-state index in [4.69, 9.17) is 4.42 Å². The lowest BCUT2D eigenvalue weighted by molar-refractivity contribution is 0.619. The van der Waals surface area contributed by atoms with Gasteiger partial charge in [-0.25, -0.2) is 4.98 Å². The number of benzene rings is 2. The first kappa shape index (κ1) is 11.5. The average Bonchev–Trinajstić information content (AvgIpc) is 2.73. The molecule has 1 aromatic heterocycles. The van der Waals surface area contributed by atoms with E-state index in [1.54, 1.807) is 0 Å². The molecular weight excluding hydrogens is 290 g/mol. The van der Waals surface area contributed by atoms with E-state index in [9.17, 15) is 0 Å². The fourth-order valence-corrected chi connectivity index (χ4v) is 2.28. The van der Waals surface area contributed by atoms with Crippen LogP contribution in [-0.2, 0) is 0 Å². The number of fused-ring (bicyclic) bond motifs is 1. The molecule has 3 heteroatoms. The van der Waals surface area contributed by atoms with Gasteiger partial charge in [0.05, 0.1) is 0 Å². The van der Waals surface area contributed by atoms with E-state index in [1.165, 1.54) is 5.56 Å². The summed E-state index contributed by atoms with van der Waals surface area (Å²) < 4.78 is 6.85. The highest BCUT2D eigenvalue weighted by Crippen LogP contribution is 2.28. The summed E-state index contributed by atoms with van der Waals surface area (Å²) >= 11 is 3.51. The second-order valence-corrected chi connectivity index (χ2v) is 5.31. The standard InChI is InChI=1S/C15H12BrNO/c1-9-4-3-5-11(6-9)15-17-13-7-10(2)12(16)8-14(13)18-15/h3-8H,1-2H3. The van der Waals surface area contributed by atoms with Crippen LogP contribution in [0.3, 0.4) is 0 Å². The number of oxazole rings is 1. The number of nitrogens with zero attached hydrogens (tertiary/aromatic N) is 1. The Morgan fingerprint density at radius 1 is 1.11 bits per heavy atom. The van der Waals surface area contributed by atoms with E-state index in [0.29, 0.717) is 5.89 Å². The molecule has 0 aliphatic carbocycles. The zero-order valence-corrected chi connectivity index (χ0v) is 11.8. The van der Waals surface area contributed by atoms with Crippen molar-refractivity contribution in [2.75, 3.05) is 0 Å². The van der Waals surface area contributed by atoms with Crippen molar-refractivity contribution < 1.29 is 4.42 Å². The smallest absolute Gasteiger partial charge is 0.227 e. The van der Waals surface area contributed by atoms with Gasteiger partial charge in [-0.3, -0.25) is 0 Å². The van der Waals surface area contributed by atoms with Gasteiger partial charge < -0.3 is 4.42 Å². The number of rotatable bonds is 1. The summed E-state index contributed by atoms with van der Waals surface area (Å²) in [6.45, 7) is 4.11. The van der Waals surface area contributed by atoms with Crippen LogP contribution in [-0.4, -0.2) is 4.98 Å². The molecule has 3 aromatic rings. The molecule has 0 fully saturated rings. The Morgan fingerprint density at radius 2 is 1.94 bits per heavy atom. The summed E-state index contributed by atoms with van der Waals surface area (Å²) in [5.74, 6) is 0.672. The van der Waals surface area contributed by atoms with Crippen molar-refractivity contribution >= 4 is 27.0 Å². The van der Waals surface area contributed by atoms with Gasteiger partial charge in [0.25, 0.3) is 0 Å². The van der Waals surface area contributed by atoms with Crippen LogP contribution >= 0.6 is 15.9 Å². The SMILES string of the molecule is Cc1cccc(-c2nc3cc(C)c(Br)cc3o2)c1. The molecule has 2 aromatic carbocycles. The molecule has 0 atom stereocenters. The number of hydrogen-bond donors (Lipinski definition) is 0. The Labute approximate surface area is 114 Å². The van der Waals surface area contributed by atoms with E-state index in [0.717, 1.165) is 26.7 Å². The zero-order valence-electron chi connectivity index (χ0n) is 10.2. The molecule has 2 nitrogen and oxygen atoms in total. The highest BCUT2D eigenvalue weighted by atomic mass is 79.9. The lowest BCUT2D eigenvalue weighted by Crippen LogP contribution is -1.78. The minimum absolute atomic E-state index is 0.672. The maximum absolute atomic E-state index is 5.80. The Morgan fingerprint density at radius 3 is 2.72 bits per heavy atom. The van der Waals surface area contributed by atoms with Gasteiger partial charge >= 0.3 is 0 Å². The number of aryl methyl sites for hydroxylation is 2. The maximum atomic E-state index is 5.80. The average molecular weight is 302 g/mol. The first-order valence-corrected chi connectivity index (χ1v) is 6.56. The van der Waals surface area contributed by atoms with Gasteiger partial charge in [0.2, 0.25) is 5.89 Å². The normalized spacial score (nSPS) is 11.1. The minimum atomic E-state index is 0.672. The summed E-state index contributed by atoms with van der Waals surface area (Å²) in [5, 5.41) is 0. The van der Waals surface area contributed by atoms with Gasteiger partial charge in [-0.2, -0.15) is 0 Å². The fraction of sp³-hybridized carbons (Fsp3) is 0.133. The molecule has 0 spiro atoms. The van der Waals surface area contributed by atoms with Gasteiger partial charge in [0.15, 0.2) is 5.58 Å². The maximum Gasteiger partial charge on any atom is 0.227 e. The lowest BCUT2D eigenvalue weighted by atomic mass is 10.1. The molecule has 0 amide bonds. The van der Waals surface area contributed by atoms with Gasteiger partial charge in [-0.15, -0.1) is 0 Å². The molecular formula is C15H12BrNO. The van der Waals surface area contributed by atoms with Crippen molar-refractivity contribution in [3.05, 3.63) is 52.0 Å². The molecule has 0 N–H and O–H groups in total. The van der Waals surface area contributed by atoms with Crippen molar-refractivity contribution in [3.63, 3.8) is 0 Å². The first-order chi connectivity index (χ1) is 8.63. The van der Waals surface area contributed by atoms with Gasteiger partial charge in [0.1, 0.15) is 5.52 Å². The minimum Gasteiger partial charge on any atom is -0.436 e. The van der Waals surface area contributed by atoms with E-state index in [1.807, 2.05) is 31.2 Å². The molecule has 0 aliphatic heterocycles. The predicted octanol–water partition coefficient (Wildman–Crippen LogP) is 4.87. The first-order valence-electron chi connectivity index (χ1n) is 5.77. The number of halogens is 1. The third kappa shape index (κ3) is 1.95. The van der Waals surface area contributed by atoms with E-state index in [2.05, 4.69) is 40.0 Å². The van der Waals surface area contributed by atoms with Gasteiger partial charge in [-0.05, 0) is 43.7 Å². The molecule has 0 radical (unpaired) electrons. The molecule has 1 heterocycles. The zero-order chi connectivity index (χ0) is 12.7. The van der Waals surface area contributed by atoms with Crippen LogP contribution in [0.5, 0.6) is 0 Å². The van der Waals surface area contributed by atoms with Crippen molar-refractivity contribution in [2.45, 2.75) is 13.8 Å². The molecule has 0 aliphatic rings. The predicted molar refractivity (Wildman–Crippen MR) is 76.6 cm³/mol. The second kappa shape index (κ2) is 4.25. The molecule has 90 valence electrons. The Bertz CT molecular complexity index is 691. The topological polar surface area (TPSA) is 26.0 Å². The lowest BCUT2D eigenvalue weighted by Gasteiger charge is -1.96. The van der Waals surface area contributed by atoms with Crippen molar-refractivity contribution in [3.8, 4) is 11.5 Å². The van der Waals surface area contributed by atoms with Crippen LogP contribution < -0.4 is 0 Å². The summed E-state index contributed by atoms with van der Waals surface area (Å²) in [5.41, 5.74) is 5.08. The largest absolute Gasteiger partial charge is 0.436 e. The molecule has 0 bridgehead atoms. The molecule has 0 saturated heterocycles. The summed E-state index contributed by atoms with van der Waals surface area (Å²) in [4.78, 5) is 4.54.